The van der Waals surface area contributed by atoms with Crippen molar-refractivity contribution >= 4 is 44.7 Å². The number of thioether (sulfide) groups is 1. The lowest BCUT2D eigenvalue weighted by Crippen LogP contribution is -2.35. The van der Waals surface area contributed by atoms with E-state index in [1.165, 1.54) is 11.8 Å². The molecule has 0 radical (unpaired) electrons. The minimum atomic E-state index is -3.51. The fourth-order valence-electron chi connectivity index (χ4n) is 2.82. The summed E-state index contributed by atoms with van der Waals surface area (Å²) in [7, 11) is -3.51. The molecule has 0 bridgehead atoms. The predicted octanol–water partition coefficient (Wildman–Crippen LogP) is 3.96. The molecule has 26 heavy (non-hydrogen) atoms. The largest absolute Gasteiger partial charge is 0.325 e. The summed E-state index contributed by atoms with van der Waals surface area (Å²) in [6.07, 6.45) is 2.87. The number of aryl methyl sites for hydroxylation is 1. The van der Waals surface area contributed by atoms with E-state index >= 15 is 0 Å². The van der Waals surface area contributed by atoms with Crippen LogP contribution in [0, 0.1) is 6.92 Å². The van der Waals surface area contributed by atoms with Crippen molar-refractivity contribution in [3.8, 4) is 0 Å². The first-order valence-corrected chi connectivity index (χ1v) is 11.8. The van der Waals surface area contributed by atoms with E-state index in [1.54, 1.807) is 33.8 Å². The zero-order chi connectivity index (χ0) is 18.6. The quantitative estimate of drug-likeness (QED) is 0.732. The summed E-state index contributed by atoms with van der Waals surface area (Å²) in [5.74, 6) is 0.155. The maximum atomic E-state index is 12.8. The van der Waals surface area contributed by atoms with Crippen LogP contribution in [0.25, 0.3) is 0 Å². The van der Waals surface area contributed by atoms with Crippen molar-refractivity contribution in [3.63, 3.8) is 0 Å². The van der Waals surface area contributed by atoms with E-state index in [0.29, 0.717) is 24.5 Å². The summed E-state index contributed by atoms with van der Waals surface area (Å²) in [5.41, 5.74) is 1.40. The fourth-order valence-corrected chi connectivity index (χ4v) is 5.95. The van der Waals surface area contributed by atoms with Gasteiger partial charge in [-0.05, 0) is 48.9 Å². The van der Waals surface area contributed by atoms with Crippen LogP contribution >= 0.6 is 23.1 Å². The smallest absolute Gasteiger partial charge is 0.243 e. The zero-order valence-corrected chi connectivity index (χ0v) is 17.1. The first-order valence-electron chi connectivity index (χ1n) is 8.54. The van der Waals surface area contributed by atoms with E-state index in [9.17, 15) is 13.2 Å². The van der Waals surface area contributed by atoms with Crippen LogP contribution in [0.1, 0.15) is 24.8 Å². The van der Waals surface area contributed by atoms with Crippen molar-refractivity contribution < 1.29 is 13.2 Å². The van der Waals surface area contributed by atoms with Gasteiger partial charge in [-0.25, -0.2) is 8.42 Å². The first kappa shape index (κ1) is 19.4. The van der Waals surface area contributed by atoms with E-state index in [0.717, 1.165) is 29.0 Å². The summed E-state index contributed by atoms with van der Waals surface area (Å²) in [5, 5.41) is 4.82. The van der Waals surface area contributed by atoms with Gasteiger partial charge in [0.25, 0.3) is 0 Å². The van der Waals surface area contributed by atoms with Crippen molar-refractivity contribution in [3.05, 3.63) is 41.3 Å². The van der Waals surface area contributed by atoms with E-state index in [1.807, 2.05) is 24.4 Å². The Bertz CT molecular complexity index is 858. The number of thiophene rings is 1. The van der Waals surface area contributed by atoms with E-state index in [2.05, 4.69) is 5.32 Å². The third-order valence-corrected chi connectivity index (χ3v) is 8.30. The van der Waals surface area contributed by atoms with Gasteiger partial charge in [-0.2, -0.15) is 4.31 Å². The van der Waals surface area contributed by atoms with Crippen molar-refractivity contribution in [2.24, 2.45) is 0 Å². The Morgan fingerprint density at radius 1 is 1.23 bits per heavy atom. The molecule has 1 saturated heterocycles. The van der Waals surface area contributed by atoms with Crippen LogP contribution in [0.15, 0.2) is 44.8 Å². The Balaban J connectivity index is 1.71. The van der Waals surface area contributed by atoms with E-state index in [-0.39, 0.29) is 10.8 Å². The number of sulfonamides is 1. The molecule has 1 aromatic carbocycles. The monoisotopic (exact) mass is 410 g/mol. The Morgan fingerprint density at radius 2 is 2.00 bits per heavy atom. The average Bonchev–Trinajstić information content (AvgIpc) is 3.16. The molecule has 1 aromatic heterocycles. The van der Waals surface area contributed by atoms with E-state index < -0.39 is 10.0 Å². The summed E-state index contributed by atoms with van der Waals surface area (Å²) < 4.78 is 28.3. The maximum absolute atomic E-state index is 12.8. The fraction of sp³-hybridized carbons (Fsp3) is 0.389. The van der Waals surface area contributed by atoms with Crippen molar-refractivity contribution in [2.75, 3.05) is 24.2 Å². The first-order chi connectivity index (χ1) is 12.5. The summed E-state index contributed by atoms with van der Waals surface area (Å²) in [6, 6.07) is 8.87. The molecule has 3 rings (SSSR count). The molecule has 1 N–H and O–H groups in total. The minimum absolute atomic E-state index is 0.140. The molecule has 8 heteroatoms. The molecule has 0 aliphatic carbocycles. The molecule has 0 saturated carbocycles. The number of carbonyl (C=O) groups excluding carboxylic acids is 1. The topological polar surface area (TPSA) is 66.5 Å². The van der Waals surface area contributed by atoms with Crippen molar-refractivity contribution in [1.82, 2.24) is 4.31 Å². The van der Waals surface area contributed by atoms with Gasteiger partial charge in [0.15, 0.2) is 0 Å². The number of carbonyl (C=O) groups is 1. The number of hydrogen-bond donors (Lipinski definition) is 1. The third-order valence-electron chi connectivity index (χ3n) is 4.28. The predicted molar refractivity (Wildman–Crippen MR) is 107 cm³/mol. The number of piperidine rings is 1. The van der Waals surface area contributed by atoms with Gasteiger partial charge < -0.3 is 5.32 Å². The number of amides is 1. The van der Waals surface area contributed by atoms with Crippen molar-refractivity contribution in [1.29, 1.82) is 0 Å². The van der Waals surface area contributed by atoms with Gasteiger partial charge in [0.2, 0.25) is 15.9 Å². The standard InChI is InChI=1S/C18H22N2O3S3/c1-14-7-8-15(26(22,23)20-9-3-2-4-10-20)12-16(14)19-17(21)13-25-18-6-5-11-24-18/h5-8,11-12H,2-4,9-10,13H2,1H3,(H,19,21). The molecule has 140 valence electrons. The van der Waals surface area contributed by atoms with Gasteiger partial charge >= 0.3 is 0 Å². The number of hydrogen-bond acceptors (Lipinski definition) is 5. The summed E-state index contributed by atoms with van der Waals surface area (Å²) in [6.45, 7) is 2.99. The lowest BCUT2D eigenvalue weighted by molar-refractivity contribution is -0.113. The molecular formula is C18H22N2O3S3. The highest BCUT2D eigenvalue weighted by molar-refractivity contribution is 8.01. The van der Waals surface area contributed by atoms with Crippen LogP contribution < -0.4 is 5.32 Å². The number of nitrogens with one attached hydrogen (secondary N) is 1. The molecule has 1 amide bonds. The Morgan fingerprint density at radius 3 is 2.69 bits per heavy atom. The lowest BCUT2D eigenvalue weighted by atomic mass is 10.2. The van der Waals surface area contributed by atoms with Gasteiger partial charge in [-0.1, -0.05) is 18.6 Å². The number of benzene rings is 1. The molecule has 0 spiro atoms. The van der Waals surface area contributed by atoms with Crippen LogP contribution in [0.3, 0.4) is 0 Å². The molecule has 1 aliphatic rings. The number of anilines is 1. The number of nitrogens with zero attached hydrogens (tertiary/aromatic N) is 1. The lowest BCUT2D eigenvalue weighted by Gasteiger charge is -2.26. The van der Waals surface area contributed by atoms with Gasteiger partial charge in [0, 0.05) is 18.8 Å². The number of rotatable bonds is 6. The molecule has 0 atom stereocenters. The molecule has 2 heterocycles. The van der Waals surface area contributed by atoms with Crippen LogP contribution in [0.2, 0.25) is 0 Å². The Kier molecular flexibility index (Phi) is 6.39. The van der Waals surface area contributed by atoms with Crippen LogP contribution in [0.5, 0.6) is 0 Å². The van der Waals surface area contributed by atoms with Crippen LogP contribution in [0.4, 0.5) is 5.69 Å². The Labute approximate surface area is 162 Å². The second kappa shape index (κ2) is 8.56. The average molecular weight is 411 g/mol. The zero-order valence-electron chi connectivity index (χ0n) is 14.6. The molecule has 5 nitrogen and oxygen atoms in total. The van der Waals surface area contributed by atoms with Crippen LogP contribution in [-0.4, -0.2) is 37.5 Å². The van der Waals surface area contributed by atoms with Gasteiger partial charge in [-0.15, -0.1) is 23.1 Å². The van der Waals surface area contributed by atoms with Gasteiger partial charge in [-0.3, -0.25) is 4.79 Å². The molecule has 1 fully saturated rings. The molecule has 1 aliphatic heterocycles. The van der Waals surface area contributed by atoms with E-state index in [4.69, 9.17) is 0 Å². The second-order valence-electron chi connectivity index (χ2n) is 6.21. The highest BCUT2D eigenvalue weighted by Gasteiger charge is 2.26. The SMILES string of the molecule is Cc1ccc(S(=O)(=O)N2CCCCC2)cc1NC(=O)CSc1cccs1. The minimum Gasteiger partial charge on any atom is -0.325 e. The second-order valence-corrected chi connectivity index (χ2v) is 10.4. The van der Waals surface area contributed by atoms with Crippen LogP contribution in [-0.2, 0) is 14.8 Å². The third kappa shape index (κ3) is 4.68. The normalized spacial score (nSPS) is 15.7. The molecule has 2 aromatic rings. The summed E-state index contributed by atoms with van der Waals surface area (Å²) in [4.78, 5) is 12.5. The molecular weight excluding hydrogens is 388 g/mol. The molecule has 0 unspecified atom stereocenters. The van der Waals surface area contributed by atoms with Gasteiger partial charge in [0.05, 0.1) is 14.9 Å². The maximum Gasteiger partial charge on any atom is 0.243 e. The van der Waals surface area contributed by atoms with Gasteiger partial charge in [0.1, 0.15) is 0 Å². The highest BCUT2D eigenvalue weighted by Crippen LogP contribution is 2.26. The van der Waals surface area contributed by atoms with Crippen molar-refractivity contribution in [2.45, 2.75) is 35.3 Å². The summed E-state index contributed by atoms with van der Waals surface area (Å²) >= 11 is 3.07. The Hall–Kier alpha value is -1.35. The highest BCUT2D eigenvalue weighted by atomic mass is 32.2.